The van der Waals surface area contributed by atoms with Crippen LogP contribution in [-0.4, -0.2) is 245 Å². The van der Waals surface area contributed by atoms with E-state index in [0.717, 1.165) is 12.5 Å². The van der Waals surface area contributed by atoms with Crippen LogP contribution in [-0.2, 0) is 61.8 Å². The first-order valence-corrected chi connectivity index (χ1v) is 30.3. The maximum atomic E-state index is 15.4. The van der Waals surface area contributed by atoms with Crippen molar-refractivity contribution < 1.29 is 128 Å². The summed E-state index contributed by atoms with van der Waals surface area (Å²) in [6, 6.07) is 0. The lowest BCUT2D eigenvalue weighted by Crippen LogP contribution is -2.70. The van der Waals surface area contributed by atoms with Crippen molar-refractivity contribution in [3.05, 3.63) is 11.6 Å². The van der Waals surface area contributed by atoms with Gasteiger partial charge in [0.25, 0.3) is 0 Å². The van der Waals surface area contributed by atoms with Gasteiger partial charge in [0.15, 0.2) is 31.1 Å². The second-order valence-corrected chi connectivity index (χ2v) is 28.6. The molecule has 5 aliphatic carbocycles. The van der Waals surface area contributed by atoms with Gasteiger partial charge in [-0.15, -0.1) is 0 Å². The van der Waals surface area contributed by atoms with E-state index in [4.69, 9.17) is 47.4 Å². The average Bonchev–Trinajstić information content (AvgIpc) is 0.707. The molecule has 0 aromatic heterocycles. The fourth-order valence-electron chi connectivity index (χ4n) is 17.5. The normalized spacial score (nSPS) is 54.4. The zero-order valence-corrected chi connectivity index (χ0v) is 49.7. The van der Waals surface area contributed by atoms with E-state index in [1.807, 2.05) is 6.92 Å². The summed E-state index contributed by atoms with van der Waals surface area (Å²) in [6.45, 7) is 12.7. The molecule has 0 aromatic carbocycles. The largest absolute Gasteiger partial charge is 0.463 e. The molecule has 30 atom stereocenters. The molecular weight excluding hydrogens is 1120 g/mol. The summed E-state index contributed by atoms with van der Waals surface area (Å²) < 4.78 is 59.8. The highest BCUT2D eigenvalue weighted by atomic mass is 16.8. The van der Waals surface area contributed by atoms with Crippen LogP contribution in [0.15, 0.2) is 11.6 Å². The van der Waals surface area contributed by atoms with Crippen molar-refractivity contribution in [1.29, 1.82) is 0 Å². The van der Waals surface area contributed by atoms with Gasteiger partial charge in [-0.2, -0.15) is 0 Å². The minimum absolute atomic E-state index is 0.0971. The van der Waals surface area contributed by atoms with E-state index in [0.29, 0.717) is 51.4 Å². The van der Waals surface area contributed by atoms with Crippen molar-refractivity contribution in [2.24, 2.45) is 50.2 Å². The molecule has 0 radical (unpaired) electrons. The van der Waals surface area contributed by atoms with Crippen LogP contribution in [0.4, 0.5) is 0 Å². The van der Waals surface area contributed by atoms with Crippen molar-refractivity contribution in [2.45, 2.75) is 261 Å². The van der Waals surface area contributed by atoms with E-state index in [9.17, 15) is 76.0 Å². The maximum absolute atomic E-state index is 15.4. The minimum Gasteiger partial charge on any atom is -0.463 e. The topological polar surface area (TPSA) is 407 Å². The van der Waals surface area contributed by atoms with Gasteiger partial charge in [0, 0.05) is 5.41 Å². The van der Waals surface area contributed by atoms with E-state index < -0.39 is 219 Å². The van der Waals surface area contributed by atoms with Gasteiger partial charge in [-0.05, 0) is 111 Å². The van der Waals surface area contributed by atoms with Crippen LogP contribution in [0.3, 0.4) is 0 Å². The SMILES string of the molecule is C[C@@H]1O[C@H]2O[C@H]3[C@@H](OC[C@H](O)[C@@H]3O)OC(=O)[C@]34CCC(C)(C)C[C@@H]3C3=CC[C@@H]5[C@@]6(C)C[C@H](O)[C@H](O[C@@H]7O[C@H](CO)[C@@H](O)[C@H](O)[C@H]7O[C@@H]7O[C@H](COC(=O)C[C@](C)(O)CC(=O)O[C@@H]1[C@@H](O)[C@H]2O)[C@@H](O)[C@H](O)[C@H]7O)[C@@](C)(CO)[C@@H]6CC[C@@]5(C)[C@]3(C)CC4. The summed E-state index contributed by atoms with van der Waals surface area (Å²) in [5.41, 5.74) is -5.24. The number of carbonyl (C=O) groups excluding carboxylic acids is 3. The van der Waals surface area contributed by atoms with Crippen molar-refractivity contribution >= 4 is 17.9 Å². The minimum atomic E-state index is -2.20. The zero-order chi connectivity index (χ0) is 62.1. The van der Waals surface area contributed by atoms with E-state index >= 15 is 4.79 Å². The Morgan fingerprint density at radius 3 is 1.89 bits per heavy atom. The molecule has 85 heavy (non-hydrogen) atoms. The van der Waals surface area contributed by atoms with Crippen molar-refractivity contribution in [3.63, 3.8) is 0 Å². The first kappa shape index (κ1) is 65.3. The molecule has 26 nitrogen and oxygen atoms in total. The smallest absolute Gasteiger partial charge is 0.315 e. The van der Waals surface area contributed by atoms with Gasteiger partial charge in [-0.1, -0.05) is 53.2 Å². The summed E-state index contributed by atoms with van der Waals surface area (Å²) in [6.07, 6.45) is -31.2. The van der Waals surface area contributed by atoms with E-state index in [1.165, 1.54) is 6.92 Å². The highest BCUT2D eigenvalue weighted by molar-refractivity contribution is 5.79. The number of carbonyl (C=O) groups is 3. The second-order valence-electron chi connectivity index (χ2n) is 28.6. The Labute approximate surface area is 493 Å². The van der Waals surface area contributed by atoms with Crippen molar-refractivity contribution in [1.82, 2.24) is 0 Å². The summed E-state index contributed by atoms with van der Waals surface area (Å²) in [4.78, 5) is 42.0. The standard InChI is InChI=1S/C59H92O26/c1-25-44-41(71)43(73)48(78-25)82-45-36(66)29(63)22-77-50(45)85-52(74)59-15-13-53(2,3)17-27(59)26-9-10-33-55(5)18-28(62)47(56(6,24-61)32(55)11-12-58(33,8)57(26,7)14-16-59)84-51-46(40(70)37(67)30(21-60)79-51)83-49-42(72)39(69)38(68)31(80-49)23-76-34(64)19-54(4,75)20-35(65)81-44/h9,25,27-33,36-51,60-63,66-73,75H,10-24H2,1-8H3/t25-,27+,28-,29-,30+,31+,32+,33+,36-,37+,38+,39-,40-,41-,42+,43+,44-,45+,46+,47-,48-,49-,50-,51-,54-,55-,56-,57+,58+,59-/m0/s1. The van der Waals surface area contributed by atoms with Crippen molar-refractivity contribution in [3.8, 4) is 0 Å². The van der Waals surface area contributed by atoms with Crippen molar-refractivity contribution in [2.75, 3.05) is 26.4 Å². The van der Waals surface area contributed by atoms with E-state index in [2.05, 4.69) is 40.7 Å². The van der Waals surface area contributed by atoms with Crippen LogP contribution in [0.5, 0.6) is 0 Å². The molecule has 14 rings (SSSR count). The molecule has 14 aliphatic rings. The molecule has 4 saturated carbocycles. The fourth-order valence-corrected chi connectivity index (χ4v) is 17.5. The highest BCUT2D eigenvalue weighted by Gasteiger charge is 2.72. The quantitative estimate of drug-likeness (QED) is 0.0629. The number of esters is 3. The fraction of sp³-hybridized carbons (Fsp3) is 0.915. The van der Waals surface area contributed by atoms with Gasteiger partial charge >= 0.3 is 17.9 Å². The first-order valence-electron chi connectivity index (χ1n) is 30.3. The molecule has 12 bridgehead atoms. The maximum Gasteiger partial charge on any atom is 0.315 e. The zero-order valence-electron chi connectivity index (χ0n) is 49.7. The number of ether oxygens (including phenoxy) is 10. The highest BCUT2D eigenvalue weighted by Crippen LogP contribution is 2.76. The Kier molecular flexibility index (Phi) is 18.1. The third kappa shape index (κ3) is 11.1. The van der Waals surface area contributed by atoms with Gasteiger partial charge in [0.2, 0.25) is 6.29 Å². The molecule has 26 heteroatoms. The van der Waals surface area contributed by atoms with Gasteiger partial charge in [0.05, 0.1) is 62.0 Å². The lowest BCUT2D eigenvalue weighted by molar-refractivity contribution is -0.384. The van der Waals surface area contributed by atoms with Crippen LogP contribution < -0.4 is 0 Å². The molecule has 9 aliphatic heterocycles. The molecule has 1 spiro atoms. The van der Waals surface area contributed by atoms with Gasteiger partial charge < -0.3 is 114 Å². The Balaban J connectivity index is 1.00. The Morgan fingerprint density at radius 2 is 1.21 bits per heavy atom. The second kappa shape index (κ2) is 23.5. The Hall–Kier alpha value is -2.65. The Bertz CT molecular complexity index is 2480. The third-order valence-electron chi connectivity index (χ3n) is 22.6. The molecular formula is C59H92O26. The molecule has 6 saturated heterocycles. The monoisotopic (exact) mass is 1220 g/mol. The first-order chi connectivity index (χ1) is 39.7. The lowest BCUT2D eigenvalue weighted by Gasteiger charge is -2.72. The number of allylic oxidation sites excluding steroid dienone is 2. The van der Waals surface area contributed by atoms with E-state index in [-0.39, 0.29) is 29.6 Å². The third-order valence-corrected chi connectivity index (χ3v) is 22.6. The average molecular weight is 1220 g/mol. The van der Waals surface area contributed by atoms with Crippen LogP contribution in [0.25, 0.3) is 0 Å². The lowest BCUT2D eigenvalue weighted by atomic mass is 9.33. The number of hydrogen-bond donors (Lipinski definition) is 13. The van der Waals surface area contributed by atoms with Crippen LogP contribution in [0, 0.1) is 50.2 Å². The van der Waals surface area contributed by atoms with Crippen LogP contribution in [0.2, 0.25) is 0 Å². The predicted octanol–water partition coefficient (Wildman–Crippen LogP) is -1.78. The molecule has 0 amide bonds. The number of aliphatic hydroxyl groups is 13. The molecule has 0 aromatic rings. The summed E-state index contributed by atoms with van der Waals surface area (Å²) in [7, 11) is 0. The van der Waals surface area contributed by atoms with Gasteiger partial charge in [-0.3, -0.25) is 14.4 Å². The summed E-state index contributed by atoms with van der Waals surface area (Å²) in [5, 5.41) is 147. The van der Waals surface area contributed by atoms with E-state index in [1.54, 1.807) is 0 Å². The summed E-state index contributed by atoms with van der Waals surface area (Å²) >= 11 is 0. The summed E-state index contributed by atoms with van der Waals surface area (Å²) in [5.74, 6) is -3.69. The van der Waals surface area contributed by atoms with Crippen LogP contribution >= 0.6 is 0 Å². The number of aliphatic hydroxyl groups excluding tert-OH is 12. The molecule has 0 unspecified atom stereocenters. The molecule has 484 valence electrons. The number of rotatable bonds is 2. The Morgan fingerprint density at radius 1 is 0.576 bits per heavy atom. The molecule has 10 fully saturated rings. The van der Waals surface area contributed by atoms with Crippen LogP contribution in [0.1, 0.15) is 126 Å². The van der Waals surface area contributed by atoms with Gasteiger partial charge in [-0.25, -0.2) is 0 Å². The number of hydrogen-bond acceptors (Lipinski definition) is 26. The molecule has 13 N–H and O–H groups in total. The molecule has 9 heterocycles. The van der Waals surface area contributed by atoms with Gasteiger partial charge in [0.1, 0.15) is 79.9 Å². The predicted molar refractivity (Wildman–Crippen MR) is 286 cm³/mol.